The summed E-state index contributed by atoms with van der Waals surface area (Å²) in [5, 5.41) is 10.7. The van der Waals surface area contributed by atoms with Crippen molar-refractivity contribution in [3.63, 3.8) is 0 Å². The first-order valence-corrected chi connectivity index (χ1v) is 8.72. The molecule has 9 heteroatoms. The molecule has 3 heterocycles. The first-order valence-electron chi connectivity index (χ1n) is 7.08. The van der Waals surface area contributed by atoms with Gasteiger partial charge in [-0.1, -0.05) is 12.1 Å². The molecule has 0 fully saturated rings. The third-order valence-electron chi connectivity index (χ3n) is 3.75. The molecule has 0 atom stereocenters. The number of primary amides is 1. The predicted octanol–water partition coefficient (Wildman–Crippen LogP) is 2.71. The Hall–Kier alpha value is -3.22. The summed E-state index contributed by atoms with van der Waals surface area (Å²) in [6, 6.07) is 9.70. The standard InChI is InChI=1S/C16H10N6OS2/c17-5-6-9(15-21-7-3-1-2-4-8(7)24-15)10-11(18)12(14(20)23)25-16(10)22-13(6)19/h1-4H,18H2,(H2,19,22)(H2,20,23). The Morgan fingerprint density at radius 2 is 1.92 bits per heavy atom. The quantitative estimate of drug-likeness (QED) is 0.497. The Labute approximate surface area is 149 Å². The van der Waals surface area contributed by atoms with Gasteiger partial charge < -0.3 is 17.2 Å². The zero-order valence-electron chi connectivity index (χ0n) is 12.6. The van der Waals surface area contributed by atoms with Crippen LogP contribution in [0.1, 0.15) is 15.2 Å². The monoisotopic (exact) mass is 366 g/mol. The molecule has 4 rings (SSSR count). The number of benzene rings is 1. The Morgan fingerprint density at radius 1 is 1.16 bits per heavy atom. The number of thiophene rings is 1. The molecule has 0 saturated heterocycles. The number of amides is 1. The van der Waals surface area contributed by atoms with E-state index in [0.29, 0.717) is 20.8 Å². The van der Waals surface area contributed by atoms with Crippen LogP contribution in [0.15, 0.2) is 24.3 Å². The maximum atomic E-state index is 11.6. The zero-order chi connectivity index (χ0) is 17.7. The molecule has 4 aromatic rings. The van der Waals surface area contributed by atoms with Crippen molar-refractivity contribution in [2.24, 2.45) is 5.73 Å². The van der Waals surface area contributed by atoms with Crippen molar-refractivity contribution in [2.45, 2.75) is 0 Å². The molecule has 122 valence electrons. The highest BCUT2D eigenvalue weighted by molar-refractivity contribution is 7.22. The van der Waals surface area contributed by atoms with Crippen LogP contribution in [0, 0.1) is 11.3 Å². The summed E-state index contributed by atoms with van der Waals surface area (Å²) in [6.07, 6.45) is 0. The van der Waals surface area contributed by atoms with Crippen LogP contribution in [0.5, 0.6) is 0 Å². The van der Waals surface area contributed by atoms with Gasteiger partial charge in [0.25, 0.3) is 5.91 Å². The number of nitrogen functional groups attached to an aromatic ring is 2. The summed E-state index contributed by atoms with van der Waals surface area (Å²) < 4.78 is 0.967. The van der Waals surface area contributed by atoms with E-state index < -0.39 is 5.91 Å². The fourth-order valence-corrected chi connectivity index (χ4v) is 4.65. The van der Waals surface area contributed by atoms with Crippen LogP contribution in [0.4, 0.5) is 11.5 Å². The molecular formula is C16H10N6OS2. The van der Waals surface area contributed by atoms with Crippen LogP contribution in [0.3, 0.4) is 0 Å². The number of hydrogen-bond donors (Lipinski definition) is 3. The molecule has 0 saturated carbocycles. The summed E-state index contributed by atoms with van der Waals surface area (Å²) >= 11 is 2.48. The maximum absolute atomic E-state index is 11.6. The van der Waals surface area contributed by atoms with Crippen LogP contribution >= 0.6 is 22.7 Å². The minimum atomic E-state index is -0.646. The van der Waals surface area contributed by atoms with E-state index >= 15 is 0 Å². The van der Waals surface area contributed by atoms with Gasteiger partial charge in [0.15, 0.2) is 0 Å². The second-order valence-electron chi connectivity index (χ2n) is 5.23. The zero-order valence-corrected chi connectivity index (χ0v) is 14.2. The first-order chi connectivity index (χ1) is 12.0. The van der Waals surface area contributed by atoms with Crippen LogP contribution < -0.4 is 17.2 Å². The third-order valence-corrected chi connectivity index (χ3v) is 5.92. The van der Waals surface area contributed by atoms with Gasteiger partial charge in [0.05, 0.1) is 15.9 Å². The van der Waals surface area contributed by atoms with Crippen molar-refractivity contribution >= 4 is 60.5 Å². The number of nitrogens with zero attached hydrogens (tertiary/aromatic N) is 3. The van der Waals surface area contributed by atoms with Crippen molar-refractivity contribution in [1.82, 2.24) is 9.97 Å². The van der Waals surface area contributed by atoms with Gasteiger partial charge in [-0.2, -0.15) is 5.26 Å². The average molecular weight is 366 g/mol. The number of aromatic nitrogens is 2. The molecule has 6 N–H and O–H groups in total. The second kappa shape index (κ2) is 5.41. The molecular weight excluding hydrogens is 356 g/mol. The van der Waals surface area contributed by atoms with E-state index in [1.54, 1.807) is 0 Å². The van der Waals surface area contributed by atoms with Crippen LogP contribution in [0.2, 0.25) is 0 Å². The Kier molecular flexibility index (Phi) is 3.31. The largest absolute Gasteiger partial charge is 0.397 e. The van der Waals surface area contributed by atoms with Crippen molar-refractivity contribution in [2.75, 3.05) is 11.5 Å². The molecule has 0 aliphatic heterocycles. The van der Waals surface area contributed by atoms with Crippen molar-refractivity contribution in [1.29, 1.82) is 5.26 Å². The molecule has 0 unspecified atom stereocenters. The minimum Gasteiger partial charge on any atom is -0.397 e. The van der Waals surface area contributed by atoms with E-state index in [9.17, 15) is 10.1 Å². The van der Waals surface area contributed by atoms with Crippen molar-refractivity contribution in [3.05, 3.63) is 34.7 Å². The SMILES string of the molecule is N#Cc1c(N)nc2sc(C(N)=O)c(N)c2c1-c1nc2ccccc2s1. The van der Waals surface area contributed by atoms with E-state index in [0.717, 1.165) is 21.6 Å². The lowest BCUT2D eigenvalue weighted by Crippen LogP contribution is -2.10. The lowest BCUT2D eigenvalue weighted by Gasteiger charge is -2.06. The highest BCUT2D eigenvalue weighted by Gasteiger charge is 2.25. The van der Waals surface area contributed by atoms with E-state index in [4.69, 9.17) is 17.2 Å². The highest BCUT2D eigenvalue weighted by atomic mass is 32.1. The van der Waals surface area contributed by atoms with Crippen LogP contribution in [-0.2, 0) is 0 Å². The molecule has 1 amide bonds. The van der Waals surface area contributed by atoms with Crippen molar-refractivity contribution < 1.29 is 4.79 Å². The molecule has 1 aromatic carbocycles. The molecule has 25 heavy (non-hydrogen) atoms. The smallest absolute Gasteiger partial charge is 0.260 e. The van der Waals surface area contributed by atoms with Crippen molar-refractivity contribution in [3.8, 4) is 16.6 Å². The van der Waals surface area contributed by atoms with E-state index in [1.807, 2.05) is 24.3 Å². The number of rotatable bonds is 2. The second-order valence-corrected chi connectivity index (χ2v) is 7.26. The molecule has 0 bridgehead atoms. The number of pyridine rings is 1. The third kappa shape index (κ3) is 2.20. The average Bonchev–Trinajstić information content (AvgIpc) is 3.15. The summed E-state index contributed by atoms with van der Waals surface area (Å²) in [7, 11) is 0. The Bertz CT molecular complexity index is 1180. The molecule has 3 aromatic heterocycles. The van der Waals surface area contributed by atoms with E-state index in [-0.39, 0.29) is 21.9 Å². The molecule has 7 nitrogen and oxygen atoms in total. The summed E-state index contributed by atoms with van der Waals surface area (Å²) in [5.41, 5.74) is 19.2. The summed E-state index contributed by atoms with van der Waals surface area (Å²) in [6.45, 7) is 0. The number of anilines is 2. The number of fused-ring (bicyclic) bond motifs is 2. The van der Waals surface area contributed by atoms with Gasteiger partial charge in [0.1, 0.15) is 32.2 Å². The topological polar surface area (TPSA) is 145 Å². The van der Waals surface area contributed by atoms with Gasteiger partial charge in [-0.15, -0.1) is 22.7 Å². The molecule has 0 radical (unpaired) electrons. The summed E-state index contributed by atoms with van der Waals surface area (Å²) in [5.74, 6) is -0.575. The normalized spacial score (nSPS) is 11.0. The highest BCUT2D eigenvalue weighted by Crippen LogP contribution is 2.44. The fourth-order valence-electron chi connectivity index (χ4n) is 2.66. The van der Waals surface area contributed by atoms with E-state index in [1.165, 1.54) is 11.3 Å². The van der Waals surface area contributed by atoms with Gasteiger partial charge >= 0.3 is 0 Å². The number of nitriles is 1. The lowest BCUT2D eigenvalue weighted by atomic mass is 10.1. The van der Waals surface area contributed by atoms with Crippen LogP contribution in [-0.4, -0.2) is 15.9 Å². The lowest BCUT2D eigenvalue weighted by molar-refractivity contribution is 0.100. The minimum absolute atomic E-state index is 0.0709. The van der Waals surface area contributed by atoms with Gasteiger partial charge in [-0.05, 0) is 12.1 Å². The molecule has 0 aliphatic carbocycles. The number of carbonyl (C=O) groups excluding carboxylic acids is 1. The fraction of sp³-hybridized carbons (Fsp3) is 0. The number of nitrogens with two attached hydrogens (primary N) is 3. The summed E-state index contributed by atoms with van der Waals surface area (Å²) in [4.78, 5) is 21.1. The number of thiazole rings is 1. The van der Waals surface area contributed by atoms with Gasteiger partial charge in [-0.25, -0.2) is 9.97 Å². The molecule has 0 aliphatic rings. The van der Waals surface area contributed by atoms with Gasteiger partial charge in [0, 0.05) is 10.9 Å². The number of para-hydroxylation sites is 1. The Balaban J connectivity index is 2.17. The van der Waals surface area contributed by atoms with Gasteiger partial charge in [0.2, 0.25) is 0 Å². The first kappa shape index (κ1) is 15.3. The number of hydrogen-bond acceptors (Lipinski definition) is 8. The Morgan fingerprint density at radius 3 is 2.60 bits per heavy atom. The maximum Gasteiger partial charge on any atom is 0.260 e. The van der Waals surface area contributed by atoms with Crippen LogP contribution in [0.25, 0.3) is 31.0 Å². The van der Waals surface area contributed by atoms with E-state index in [2.05, 4.69) is 16.0 Å². The molecule has 0 spiro atoms. The van der Waals surface area contributed by atoms with Gasteiger partial charge in [-0.3, -0.25) is 4.79 Å². The number of carbonyl (C=O) groups is 1. The predicted molar refractivity (Wildman–Crippen MR) is 100 cm³/mol.